The maximum absolute atomic E-state index is 11.5. The summed E-state index contributed by atoms with van der Waals surface area (Å²) in [5, 5.41) is 0. The van der Waals surface area contributed by atoms with Gasteiger partial charge in [-0.2, -0.15) is 17.4 Å². The van der Waals surface area contributed by atoms with Gasteiger partial charge in [-0.1, -0.05) is 6.07 Å². The number of fused-ring (bicyclic) bond motifs is 1. The summed E-state index contributed by atoms with van der Waals surface area (Å²) < 4.78 is 32.1. The van der Waals surface area contributed by atoms with Crippen LogP contribution in [0.4, 0.5) is 0 Å². The lowest BCUT2D eigenvalue weighted by Crippen LogP contribution is -2.37. The van der Waals surface area contributed by atoms with Gasteiger partial charge in [-0.25, -0.2) is 0 Å². The lowest BCUT2D eigenvalue weighted by Gasteiger charge is -2.13. The van der Waals surface area contributed by atoms with Gasteiger partial charge >= 0.3 is 0 Å². The van der Waals surface area contributed by atoms with Crippen LogP contribution in [-0.4, -0.2) is 40.0 Å². The van der Waals surface area contributed by atoms with Crippen molar-refractivity contribution in [1.82, 2.24) is 9.03 Å². The van der Waals surface area contributed by atoms with Crippen LogP contribution < -0.4 is 9.46 Å². The number of nitrogens with one attached hydrogen (secondary N) is 1. The molecule has 5 nitrogen and oxygen atoms in total. The molecule has 2 rings (SSSR count). The highest BCUT2D eigenvalue weighted by molar-refractivity contribution is 7.87. The topological polar surface area (TPSA) is 58.6 Å². The molecule has 6 heteroatoms. The van der Waals surface area contributed by atoms with Gasteiger partial charge in [0.1, 0.15) is 12.4 Å². The molecule has 0 spiro atoms. The van der Waals surface area contributed by atoms with Crippen LogP contribution in [0.5, 0.6) is 5.75 Å². The highest BCUT2D eigenvalue weighted by Gasteiger charge is 2.13. The van der Waals surface area contributed by atoms with Gasteiger partial charge in [0.05, 0.1) is 0 Å². The molecule has 0 fully saturated rings. The van der Waals surface area contributed by atoms with Gasteiger partial charge in [-0.15, -0.1) is 0 Å². The molecule has 0 heterocycles. The quantitative estimate of drug-likeness (QED) is 0.791. The number of nitrogens with zero attached hydrogens (tertiary/aromatic N) is 1. The molecule has 1 aromatic carbocycles. The van der Waals surface area contributed by atoms with Crippen LogP contribution in [0.25, 0.3) is 0 Å². The van der Waals surface area contributed by atoms with Crippen molar-refractivity contribution in [2.24, 2.45) is 0 Å². The van der Waals surface area contributed by atoms with Crippen molar-refractivity contribution < 1.29 is 13.2 Å². The van der Waals surface area contributed by atoms with Crippen LogP contribution in [-0.2, 0) is 23.1 Å². The van der Waals surface area contributed by atoms with Crippen LogP contribution in [0, 0.1) is 0 Å². The minimum Gasteiger partial charge on any atom is -0.492 e. The summed E-state index contributed by atoms with van der Waals surface area (Å²) in [5.41, 5.74) is 2.76. The molecule has 0 saturated heterocycles. The van der Waals surface area contributed by atoms with E-state index in [4.69, 9.17) is 4.74 Å². The molecule has 0 aromatic heterocycles. The number of ether oxygens (including phenoxy) is 1. The third kappa shape index (κ3) is 3.68. The molecule has 0 amide bonds. The summed E-state index contributed by atoms with van der Waals surface area (Å²) in [4.78, 5) is 0. The van der Waals surface area contributed by atoms with E-state index in [9.17, 15) is 8.42 Å². The summed E-state index contributed by atoms with van der Waals surface area (Å²) in [6.45, 7) is 0.587. The van der Waals surface area contributed by atoms with Crippen molar-refractivity contribution in [2.75, 3.05) is 27.2 Å². The molecule has 1 aromatic rings. The Hall–Kier alpha value is -1.11. The van der Waals surface area contributed by atoms with E-state index in [1.165, 1.54) is 31.6 Å². The average molecular weight is 284 g/mol. The van der Waals surface area contributed by atoms with E-state index < -0.39 is 10.2 Å². The minimum atomic E-state index is -3.36. The smallest absolute Gasteiger partial charge is 0.279 e. The normalized spacial score (nSPS) is 14.7. The lowest BCUT2D eigenvalue weighted by molar-refractivity contribution is 0.321. The predicted molar refractivity (Wildman–Crippen MR) is 74.6 cm³/mol. The molecule has 106 valence electrons. The number of benzene rings is 1. The van der Waals surface area contributed by atoms with Crippen LogP contribution in [0.1, 0.15) is 17.5 Å². The first kappa shape index (κ1) is 14.3. The Morgan fingerprint density at radius 3 is 2.74 bits per heavy atom. The molecule has 19 heavy (non-hydrogen) atoms. The van der Waals surface area contributed by atoms with Crippen molar-refractivity contribution in [3.05, 3.63) is 29.3 Å². The zero-order valence-corrected chi connectivity index (χ0v) is 12.2. The first-order chi connectivity index (χ1) is 8.99. The number of hydrogen-bond donors (Lipinski definition) is 1. The zero-order valence-electron chi connectivity index (χ0n) is 11.3. The van der Waals surface area contributed by atoms with E-state index in [0.717, 1.165) is 22.9 Å². The van der Waals surface area contributed by atoms with Crippen LogP contribution >= 0.6 is 0 Å². The third-order valence-electron chi connectivity index (χ3n) is 3.21. The van der Waals surface area contributed by atoms with E-state index in [-0.39, 0.29) is 6.54 Å². The molecule has 0 saturated carbocycles. The molecule has 1 N–H and O–H groups in total. The first-order valence-corrected chi connectivity index (χ1v) is 7.85. The Bertz CT molecular complexity index is 541. The molecule has 0 bridgehead atoms. The van der Waals surface area contributed by atoms with E-state index >= 15 is 0 Å². The maximum atomic E-state index is 11.5. The second-order valence-electron chi connectivity index (χ2n) is 4.81. The van der Waals surface area contributed by atoms with Crippen molar-refractivity contribution in [2.45, 2.75) is 19.3 Å². The van der Waals surface area contributed by atoms with E-state index in [2.05, 4.69) is 16.9 Å². The van der Waals surface area contributed by atoms with Gasteiger partial charge in [0, 0.05) is 20.6 Å². The molecular weight excluding hydrogens is 264 g/mol. The Balaban J connectivity index is 1.80. The Kier molecular flexibility index (Phi) is 4.44. The number of rotatable bonds is 6. The zero-order chi connectivity index (χ0) is 13.9. The molecule has 0 radical (unpaired) electrons. The van der Waals surface area contributed by atoms with Crippen molar-refractivity contribution in [3.8, 4) is 5.75 Å². The Labute approximate surface area is 114 Å². The highest BCUT2D eigenvalue weighted by Crippen LogP contribution is 2.25. The summed E-state index contributed by atoms with van der Waals surface area (Å²) >= 11 is 0. The molecule has 1 aliphatic rings. The monoisotopic (exact) mass is 284 g/mol. The summed E-state index contributed by atoms with van der Waals surface area (Å²) in [6.07, 6.45) is 3.47. The third-order valence-corrected chi connectivity index (χ3v) is 4.74. The fourth-order valence-corrected chi connectivity index (χ4v) is 2.71. The maximum Gasteiger partial charge on any atom is 0.279 e. The molecule has 0 atom stereocenters. The number of aryl methyl sites for hydroxylation is 2. The van der Waals surface area contributed by atoms with Gasteiger partial charge < -0.3 is 4.74 Å². The van der Waals surface area contributed by atoms with Crippen LogP contribution in [0.2, 0.25) is 0 Å². The van der Waals surface area contributed by atoms with Crippen molar-refractivity contribution >= 4 is 10.2 Å². The molecular formula is C13H20N2O3S. The SMILES string of the molecule is CN(C)S(=O)(=O)NCCOc1ccc2c(c1)CCC2. The average Bonchev–Trinajstić information content (AvgIpc) is 2.81. The van der Waals surface area contributed by atoms with E-state index in [1.807, 2.05) is 6.07 Å². The van der Waals surface area contributed by atoms with Gasteiger partial charge in [0.2, 0.25) is 0 Å². The second-order valence-corrected chi connectivity index (χ2v) is 6.78. The van der Waals surface area contributed by atoms with Gasteiger partial charge in [0.25, 0.3) is 10.2 Å². The van der Waals surface area contributed by atoms with Crippen molar-refractivity contribution in [3.63, 3.8) is 0 Å². The lowest BCUT2D eigenvalue weighted by atomic mass is 10.1. The van der Waals surface area contributed by atoms with E-state index in [0.29, 0.717) is 6.61 Å². The Morgan fingerprint density at radius 1 is 1.26 bits per heavy atom. The highest BCUT2D eigenvalue weighted by atomic mass is 32.2. The van der Waals surface area contributed by atoms with E-state index in [1.54, 1.807) is 0 Å². The second kappa shape index (κ2) is 5.90. The summed E-state index contributed by atoms with van der Waals surface area (Å²) in [7, 11) is -0.379. The molecule has 0 aliphatic heterocycles. The summed E-state index contributed by atoms with van der Waals surface area (Å²) in [5.74, 6) is 0.810. The predicted octanol–water partition coefficient (Wildman–Crippen LogP) is 0.950. The largest absolute Gasteiger partial charge is 0.492 e. The van der Waals surface area contributed by atoms with Crippen molar-refractivity contribution in [1.29, 1.82) is 0 Å². The first-order valence-electron chi connectivity index (χ1n) is 6.41. The van der Waals surface area contributed by atoms with Crippen LogP contribution in [0.3, 0.4) is 0 Å². The standard InChI is InChI=1S/C13H20N2O3S/c1-15(2)19(16,17)14-8-9-18-13-7-6-11-4-3-5-12(11)10-13/h6-7,10,14H,3-5,8-9H2,1-2H3. The van der Waals surface area contributed by atoms with Gasteiger partial charge in [0.15, 0.2) is 0 Å². The number of hydrogen-bond acceptors (Lipinski definition) is 3. The summed E-state index contributed by atoms with van der Waals surface area (Å²) in [6, 6.07) is 6.11. The minimum absolute atomic E-state index is 0.262. The van der Waals surface area contributed by atoms with Gasteiger partial charge in [-0.3, -0.25) is 0 Å². The van der Waals surface area contributed by atoms with Gasteiger partial charge in [-0.05, 0) is 42.5 Å². The molecule has 1 aliphatic carbocycles. The fourth-order valence-electron chi connectivity index (χ4n) is 2.11. The fraction of sp³-hybridized carbons (Fsp3) is 0.538. The molecule has 0 unspecified atom stereocenters. The van der Waals surface area contributed by atoms with Crippen LogP contribution in [0.15, 0.2) is 18.2 Å². The Morgan fingerprint density at radius 2 is 2.00 bits per heavy atom.